The molecule has 1 amide bonds. The van der Waals surface area contributed by atoms with Gasteiger partial charge in [-0.2, -0.15) is 4.99 Å². The highest BCUT2D eigenvalue weighted by molar-refractivity contribution is 7.17. The van der Waals surface area contributed by atoms with Crippen molar-refractivity contribution in [2.45, 2.75) is 6.54 Å². The van der Waals surface area contributed by atoms with Gasteiger partial charge in [-0.05, 0) is 24.3 Å². The number of hydrogen-bond donors (Lipinski definition) is 0. The third-order valence-corrected chi connectivity index (χ3v) is 6.02. The number of carbonyl (C=O) groups is 1. The fraction of sp³-hybridized carbons (Fsp3) is 0.100. The van der Waals surface area contributed by atoms with Crippen LogP contribution in [0.3, 0.4) is 0 Å². The number of nitrogens with zero attached hydrogens (tertiary/aromatic N) is 2. The number of rotatable bonds is 4. The number of thiazole rings is 1. The lowest BCUT2D eigenvalue weighted by Crippen LogP contribution is -2.16. The van der Waals surface area contributed by atoms with Crippen molar-refractivity contribution in [1.82, 2.24) is 4.57 Å². The molecule has 0 fully saturated rings. The topological polar surface area (TPSA) is 56.7 Å². The van der Waals surface area contributed by atoms with Crippen molar-refractivity contribution in [2.24, 2.45) is 4.99 Å². The van der Waals surface area contributed by atoms with Crippen LogP contribution < -0.4 is 9.54 Å². The molecule has 0 aliphatic carbocycles. The number of methoxy groups -OCH3 is 1. The monoisotopic (exact) mass is 432 g/mol. The molecule has 0 saturated heterocycles. The van der Waals surface area contributed by atoms with Crippen LogP contribution in [0, 0.1) is 0 Å². The Labute approximate surface area is 174 Å². The van der Waals surface area contributed by atoms with Gasteiger partial charge in [-0.3, -0.25) is 4.79 Å². The molecule has 0 spiro atoms. The Morgan fingerprint density at radius 3 is 2.86 bits per heavy atom. The van der Waals surface area contributed by atoms with Gasteiger partial charge in [0.15, 0.2) is 21.9 Å². The second-order valence-electron chi connectivity index (χ2n) is 5.90. The van der Waals surface area contributed by atoms with E-state index >= 15 is 0 Å². The summed E-state index contributed by atoms with van der Waals surface area (Å²) in [6.45, 7) is 4.20. The fourth-order valence-corrected chi connectivity index (χ4v) is 4.59. The van der Waals surface area contributed by atoms with Crippen LogP contribution in [0.15, 0.2) is 58.5 Å². The molecule has 8 heteroatoms. The van der Waals surface area contributed by atoms with E-state index in [0.29, 0.717) is 32.7 Å². The van der Waals surface area contributed by atoms with E-state index in [1.165, 1.54) is 11.3 Å². The highest BCUT2D eigenvalue weighted by Crippen LogP contribution is 2.32. The number of para-hydroxylation sites is 1. The number of fused-ring (bicyclic) bond motifs is 2. The van der Waals surface area contributed by atoms with Gasteiger partial charge in [-0.1, -0.05) is 52.7 Å². The summed E-state index contributed by atoms with van der Waals surface area (Å²) in [4.78, 5) is 17.5. The molecule has 0 radical (unpaired) electrons. The first-order valence-corrected chi connectivity index (χ1v) is 9.84. The van der Waals surface area contributed by atoms with Crippen molar-refractivity contribution in [2.75, 3.05) is 7.11 Å². The summed E-state index contributed by atoms with van der Waals surface area (Å²) in [5, 5.41) is 1.84. The molecule has 0 N–H and O–H groups in total. The van der Waals surface area contributed by atoms with Gasteiger partial charge in [-0.15, -0.1) is 6.58 Å². The van der Waals surface area contributed by atoms with Crippen molar-refractivity contribution >= 4 is 61.6 Å². The summed E-state index contributed by atoms with van der Waals surface area (Å²) in [6.07, 6.45) is 1.71. The fourth-order valence-electron chi connectivity index (χ4n) is 2.94. The van der Waals surface area contributed by atoms with Crippen molar-refractivity contribution in [3.05, 3.63) is 69.7 Å². The molecule has 5 nitrogen and oxygen atoms in total. The van der Waals surface area contributed by atoms with Crippen LogP contribution >= 0.6 is 34.5 Å². The number of ether oxygens (including phenoxy) is 1. The molecule has 2 aromatic heterocycles. The predicted octanol–water partition coefficient (Wildman–Crippen LogP) is 5.69. The third kappa shape index (κ3) is 3.13. The number of halogens is 2. The zero-order chi connectivity index (χ0) is 19.8. The lowest BCUT2D eigenvalue weighted by atomic mass is 10.2. The molecule has 2 aromatic carbocycles. The average Bonchev–Trinajstić information content (AvgIpc) is 3.28. The Balaban J connectivity index is 1.89. The minimum Gasteiger partial charge on any atom is -0.493 e. The minimum absolute atomic E-state index is 0.124. The molecule has 0 aliphatic rings. The van der Waals surface area contributed by atoms with Crippen molar-refractivity contribution in [1.29, 1.82) is 0 Å². The van der Waals surface area contributed by atoms with Crippen molar-refractivity contribution in [3.8, 4) is 5.75 Å². The van der Waals surface area contributed by atoms with E-state index in [9.17, 15) is 4.79 Å². The molecular formula is C20H14Cl2N2O3S. The molecule has 28 heavy (non-hydrogen) atoms. The maximum atomic E-state index is 12.8. The summed E-state index contributed by atoms with van der Waals surface area (Å²) in [7, 11) is 1.55. The van der Waals surface area contributed by atoms with Gasteiger partial charge in [0, 0.05) is 11.9 Å². The van der Waals surface area contributed by atoms with Gasteiger partial charge >= 0.3 is 5.91 Å². The highest BCUT2D eigenvalue weighted by Gasteiger charge is 2.17. The maximum absolute atomic E-state index is 12.8. The van der Waals surface area contributed by atoms with Crippen LogP contribution in [-0.4, -0.2) is 17.6 Å². The average molecular weight is 433 g/mol. The Hall–Kier alpha value is -2.54. The molecule has 0 saturated carbocycles. The van der Waals surface area contributed by atoms with E-state index in [2.05, 4.69) is 11.6 Å². The Morgan fingerprint density at radius 2 is 2.11 bits per heavy atom. The predicted molar refractivity (Wildman–Crippen MR) is 113 cm³/mol. The van der Waals surface area contributed by atoms with Crippen molar-refractivity contribution < 1.29 is 13.9 Å². The second kappa shape index (κ2) is 7.47. The first-order chi connectivity index (χ1) is 13.5. The van der Waals surface area contributed by atoms with Crippen LogP contribution in [0.4, 0.5) is 0 Å². The van der Waals surface area contributed by atoms with Gasteiger partial charge < -0.3 is 13.7 Å². The SMILES string of the molecule is C=CCn1c(=NC(=O)c2cc3cccc(OC)c3o2)sc2c(Cl)ccc(Cl)c21. The van der Waals surface area contributed by atoms with Gasteiger partial charge in [0.1, 0.15) is 0 Å². The molecule has 2 heterocycles. The molecule has 142 valence electrons. The summed E-state index contributed by atoms with van der Waals surface area (Å²) >= 11 is 14.0. The number of furan rings is 1. The Morgan fingerprint density at radius 1 is 1.32 bits per heavy atom. The third-order valence-electron chi connectivity index (χ3n) is 4.18. The van der Waals surface area contributed by atoms with E-state index in [1.54, 1.807) is 37.5 Å². The normalized spacial score (nSPS) is 12.0. The van der Waals surface area contributed by atoms with Crippen LogP contribution in [0.5, 0.6) is 5.75 Å². The molecular weight excluding hydrogens is 419 g/mol. The second-order valence-corrected chi connectivity index (χ2v) is 7.69. The molecule has 0 aliphatic heterocycles. The smallest absolute Gasteiger partial charge is 0.315 e. The van der Waals surface area contributed by atoms with Gasteiger partial charge in [0.2, 0.25) is 0 Å². The zero-order valence-electron chi connectivity index (χ0n) is 14.7. The highest BCUT2D eigenvalue weighted by atomic mass is 35.5. The minimum atomic E-state index is -0.505. The zero-order valence-corrected chi connectivity index (χ0v) is 17.1. The number of aromatic nitrogens is 1. The Kier molecular flexibility index (Phi) is 5.02. The van der Waals surface area contributed by atoms with Crippen LogP contribution in [0.1, 0.15) is 10.6 Å². The number of hydrogen-bond acceptors (Lipinski definition) is 4. The summed E-state index contributed by atoms with van der Waals surface area (Å²) < 4.78 is 13.5. The summed E-state index contributed by atoms with van der Waals surface area (Å²) in [5.74, 6) is 0.174. The standard InChI is InChI=1S/C20H14Cl2N2O3S/c1-3-9-24-16-12(21)7-8-13(22)18(16)28-20(24)23-19(25)15-10-11-5-4-6-14(26-2)17(11)27-15/h3-8,10H,1,9H2,2H3. The van der Waals surface area contributed by atoms with E-state index < -0.39 is 5.91 Å². The molecule has 0 atom stereocenters. The molecule has 4 aromatic rings. The molecule has 0 bridgehead atoms. The van der Waals surface area contributed by atoms with E-state index in [1.807, 2.05) is 16.7 Å². The maximum Gasteiger partial charge on any atom is 0.315 e. The number of carbonyl (C=O) groups excluding carboxylic acids is 1. The van der Waals surface area contributed by atoms with Crippen molar-refractivity contribution in [3.63, 3.8) is 0 Å². The van der Waals surface area contributed by atoms with Crippen LogP contribution in [-0.2, 0) is 6.54 Å². The quantitative estimate of drug-likeness (QED) is 0.389. The van der Waals surface area contributed by atoms with Gasteiger partial charge in [-0.25, -0.2) is 0 Å². The number of allylic oxidation sites excluding steroid dienone is 1. The first kappa shape index (κ1) is 18.8. The Bertz CT molecular complexity index is 1300. The van der Waals surface area contributed by atoms with E-state index in [0.717, 1.165) is 15.6 Å². The number of amides is 1. The van der Waals surface area contributed by atoms with E-state index in [4.69, 9.17) is 32.4 Å². The summed E-state index contributed by atoms with van der Waals surface area (Å²) in [5.41, 5.74) is 1.22. The van der Waals surface area contributed by atoms with Crippen LogP contribution in [0.25, 0.3) is 21.2 Å². The van der Waals surface area contributed by atoms with Gasteiger partial charge in [0.05, 0.1) is 27.4 Å². The lowest BCUT2D eigenvalue weighted by Gasteiger charge is -2.03. The molecule has 0 unspecified atom stereocenters. The number of benzene rings is 2. The summed E-state index contributed by atoms with van der Waals surface area (Å²) in [6, 6.07) is 10.5. The largest absolute Gasteiger partial charge is 0.493 e. The van der Waals surface area contributed by atoms with Gasteiger partial charge in [0.25, 0.3) is 0 Å². The molecule has 4 rings (SSSR count). The van der Waals surface area contributed by atoms with E-state index in [-0.39, 0.29) is 5.76 Å². The van der Waals surface area contributed by atoms with Crippen LogP contribution in [0.2, 0.25) is 10.0 Å². The lowest BCUT2D eigenvalue weighted by molar-refractivity contribution is 0.0973. The first-order valence-electron chi connectivity index (χ1n) is 8.27.